The molecule has 0 radical (unpaired) electrons. The molecule has 20 heavy (non-hydrogen) atoms. The highest BCUT2D eigenvalue weighted by atomic mass is 32.1. The first-order valence-electron chi connectivity index (χ1n) is 6.84. The van der Waals surface area contributed by atoms with E-state index in [-0.39, 0.29) is 12.1 Å². The zero-order chi connectivity index (χ0) is 14.5. The van der Waals surface area contributed by atoms with Crippen LogP contribution in [0.25, 0.3) is 0 Å². The Hall–Kier alpha value is -1.41. The van der Waals surface area contributed by atoms with Crippen molar-refractivity contribution in [3.63, 3.8) is 0 Å². The number of hydrogen-bond acceptors (Lipinski definition) is 5. The molecule has 1 aromatic rings. The Morgan fingerprint density at radius 1 is 1.65 bits per heavy atom. The highest BCUT2D eigenvalue weighted by Crippen LogP contribution is 2.11. The molecule has 0 bridgehead atoms. The van der Waals surface area contributed by atoms with Crippen LogP contribution in [0.4, 0.5) is 4.79 Å². The summed E-state index contributed by atoms with van der Waals surface area (Å²) in [5, 5.41) is 7.14. The molecule has 1 aliphatic rings. The van der Waals surface area contributed by atoms with Crippen LogP contribution in [0.1, 0.15) is 19.8 Å². The Morgan fingerprint density at radius 3 is 3.10 bits per heavy atom. The Balaban J connectivity index is 1.89. The number of ether oxygens (including phenoxy) is 1. The van der Waals surface area contributed by atoms with E-state index < -0.39 is 0 Å². The first-order valence-corrected chi connectivity index (χ1v) is 7.25. The van der Waals surface area contributed by atoms with E-state index in [1.165, 1.54) is 0 Å². The molecule has 1 saturated heterocycles. The van der Waals surface area contributed by atoms with E-state index >= 15 is 0 Å². The number of likely N-dealkylation sites (tertiary alicyclic amines) is 1. The van der Waals surface area contributed by atoms with Crippen molar-refractivity contribution in [3.05, 3.63) is 11.1 Å². The number of nitrogens with one attached hydrogen (secondary N) is 1. The molecule has 1 aliphatic heterocycles. The van der Waals surface area contributed by atoms with Crippen LogP contribution >= 0.6 is 12.2 Å². The lowest BCUT2D eigenvalue weighted by atomic mass is 10.1. The lowest BCUT2D eigenvalue weighted by Crippen LogP contribution is -2.48. The number of rotatable bonds is 4. The third-order valence-electron chi connectivity index (χ3n) is 3.32. The normalized spacial score (nSPS) is 19.8. The molecule has 1 N–H and O–H groups in total. The molecule has 112 valence electrons. The standard InChI is InChI=1S/C12H21N5O2S/c1-3-19-11(18)14-10-5-4-6-16(7-10)9-17-12(20)15(2)8-13-17/h8,10H,3-7,9H2,1-2H3,(H,14,18)/t10-/m1/s1. The second kappa shape index (κ2) is 6.85. The number of carbonyl (C=O) groups is 1. The number of hydrogen-bond donors (Lipinski definition) is 1. The van der Waals surface area contributed by atoms with Crippen LogP contribution in [0, 0.1) is 4.77 Å². The van der Waals surface area contributed by atoms with E-state index in [2.05, 4.69) is 15.3 Å². The first-order chi connectivity index (χ1) is 9.60. The van der Waals surface area contributed by atoms with Gasteiger partial charge in [-0.3, -0.25) is 4.90 Å². The van der Waals surface area contributed by atoms with Crippen LogP contribution < -0.4 is 5.32 Å². The van der Waals surface area contributed by atoms with E-state index in [1.807, 2.05) is 11.6 Å². The highest BCUT2D eigenvalue weighted by molar-refractivity contribution is 7.71. The van der Waals surface area contributed by atoms with Crippen molar-refractivity contribution in [2.24, 2.45) is 7.05 Å². The molecule has 1 atom stereocenters. The first kappa shape index (κ1) is 15.0. The van der Waals surface area contributed by atoms with Gasteiger partial charge in [-0.05, 0) is 32.0 Å². The van der Waals surface area contributed by atoms with Crippen molar-refractivity contribution < 1.29 is 9.53 Å². The average Bonchev–Trinajstić information content (AvgIpc) is 2.71. The van der Waals surface area contributed by atoms with Gasteiger partial charge in [0.15, 0.2) is 4.77 Å². The largest absolute Gasteiger partial charge is 0.450 e. The van der Waals surface area contributed by atoms with Gasteiger partial charge < -0.3 is 14.6 Å². The summed E-state index contributed by atoms with van der Waals surface area (Å²) in [5.41, 5.74) is 0. The van der Waals surface area contributed by atoms with Gasteiger partial charge in [0, 0.05) is 26.2 Å². The topological polar surface area (TPSA) is 64.3 Å². The van der Waals surface area contributed by atoms with Crippen LogP contribution in [0.5, 0.6) is 0 Å². The number of carbonyl (C=O) groups excluding carboxylic acids is 1. The average molecular weight is 299 g/mol. The van der Waals surface area contributed by atoms with Gasteiger partial charge in [-0.15, -0.1) is 0 Å². The number of alkyl carbamates (subject to hydrolysis) is 1. The SMILES string of the molecule is CCOC(=O)N[C@@H]1CCCN(Cn2ncn(C)c2=S)C1. The summed E-state index contributed by atoms with van der Waals surface area (Å²) < 4.78 is 9.22. The molecule has 2 heterocycles. The molecule has 1 aromatic heterocycles. The monoisotopic (exact) mass is 299 g/mol. The number of piperidine rings is 1. The third-order valence-corrected chi connectivity index (χ3v) is 3.82. The molecule has 1 amide bonds. The predicted molar refractivity (Wildman–Crippen MR) is 76.8 cm³/mol. The molecular formula is C12H21N5O2S. The summed E-state index contributed by atoms with van der Waals surface area (Å²) in [7, 11) is 1.88. The van der Waals surface area contributed by atoms with Gasteiger partial charge in [-0.2, -0.15) is 5.10 Å². The molecule has 0 aliphatic carbocycles. The van der Waals surface area contributed by atoms with Gasteiger partial charge in [0.25, 0.3) is 0 Å². The summed E-state index contributed by atoms with van der Waals surface area (Å²) in [4.78, 5) is 13.7. The number of nitrogens with zero attached hydrogens (tertiary/aromatic N) is 4. The highest BCUT2D eigenvalue weighted by Gasteiger charge is 2.22. The van der Waals surface area contributed by atoms with E-state index in [9.17, 15) is 4.79 Å². The molecule has 0 spiro atoms. The minimum absolute atomic E-state index is 0.126. The maximum absolute atomic E-state index is 11.4. The lowest BCUT2D eigenvalue weighted by molar-refractivity contribution is 0.121. The summed E-state index contributed by atoms with van der Waals surface area (Å²) in [6, 6.07) is 0.126. The van der Waals surface area contributed by atoms with E-state index in [4.69, 9.17) is 17.0 Å². The molecule has 0 aromatic carbocycles. The Labute approximate surface area is 123 Å². The Kier molecular flexibility index (Phi) is 5.13. The zero-order valence-electron chi connectivity index (χ0n) is 11.9. The van der Waals surface area contributed by atoms with E-state index in [0.29, 0.717) is 18.0 Å². The van der Waals surface area contributed by atoms with Crippen LogP contribution in [0.15, 0.2) is 6.33 Å². The van der Waals surface area contributed by atoms with Gasteiger partial charge in [-0.1, -0.05) is 0 Å². The van der Waals surface area contributed by atoms with Crippen LogP contribution in [0.2, 0.25) is 0 Å². The Morgan fingerprint density at radius 2 is 2.45 bits per heavy atom. The quantitative estimate of drug-likeness (QED) is 0.844. The smallest absolute Gasteiger partial charge is 0.407 e. The zero-order valence-corrected chi connectivity index (χ0v) is 12.7. The number of amides is 1. The molecular weight excluding hydrogens is 278 g/mol. The maximum Gasteiger partial charge on any atom is 0.407 e. The maximum atomic E-state index is 11.4. The summed E-state index contributed by atoms with van der Waals surface area (Å²) in [5.74, 6) is 0. The Bertz CT molecular complexity index is 512. The second-order valence-corrected chi connectivity index (χ2v) is 5.31. The van der Waals surface area contributed by atoms with Gasteiger partial charge in [-0.25, -0.2) is 9.48 Å². The molecule has 0 unspecified atom stereocenters. The van der Waals surface area contributed by atoms with E-state index in [0.717, 1.165) is 25.9 Å². The third kappa shape index (κ3) is 3.80. The minimum Gasteiger partial charge on any atom is -0.450 e. The molecule has 8 heteroatoms. The van der Waals surface area contributed by atoms with Gasteiger partial charge in [0.05, 0.1) is 13.3 Å². The second-order valence-electron chi connectivity index (χ2n) is 4.95. The van der Waals surface area contributed by atoms with Crippen molar-refractivity contribution in [1.82, 2.24) is 24.6 Å². The molecule has 0 saturated carbocycles. The van der Waals surface area contributed by atoms with Gasteiger partial charge >= 0.3 is 6.09 Å². The van der Waals surface area contributed by atoms with Crippen molar-refractivity contribution in [2.75, 3.05) is 19.7 Å². The number of aromatic nitrogens is 3. The van der Waals surface area contributed by atoms with Crippen LogP contribution in [-0.4, -0.2) is 51.1 Å². The van der Waals surface area contributed by atoms with Crippen molar-refractivity contribution >= 4 is 18.3 Å². The number of aryl methyl sites for hydroxylation is 1. The molecule has 2 rings (SSSR count). The molecule has 1 fully saturated rings. The predicted octanol–water partition coefficient (Wildman–Crippen LogP) is 1.12. The lowest BCUT2D eigenvalue weighted by Gasteiger charge is -2.32. The fourth-order valence-corrected chi connectivity index (χ4v) is 2.50. The van der Waals surface area contributed by atoms with Crippen LogP contribution in [0.3, 0.4) is 0 Å². The molecule has 7 nitrogen and oxygen atoms in total. The summed E-state index contributed by atoms with van der Waals surface area (Å²) in [6.07, 6.45) is 3.38. The van der Waals surface area contributed by atoms with Crippen molar-refractivity contribution in [1.29, 1.82) is 0 Å². The summed E-state index contributed by atoms with van der Waals surface area (Å²) >= 11 is 5.28. The van der Waals surface area contributed by atoms with E-state index in [1.54, 1.807) is 17.9 Å². The minimum atomic E-state index is -0.339. The van der Waals surface area contributed by atoms with Crippen LogP contribution in [-0.2, 0) is 18.5 Å². The fourth-order valence-electron chi connectivity index (χ4n) is 2.35. The van der Waals surface area contributed by atoms with Crippen molar-refractivity contribution in [3.8, 4) is 0 Å². The van der Waals surface area contributed by atoms with Gasteiger partial charge in [0.2, 0.25) is 0 Å². The summed E-state index contributed by atoms with van der Waals surface area (Å²) in [6.45, 7) is 4.62. The van der Waals surface area contributed by atoms with Gasteiger partial charge in [0.1, 0.15) is 6.33 Å². The fraction of sp³-hybridized carbons (Fsp3) is 0.750. The van der Waals surface area contributed by atoms with Crippen molar-refractivity contribution in [2.45, 2.75) is 32.5 Å².